The Labute approximate surface area is 411 Å². The summed E-state index contributed by atoms with van der Waals surface area (Å²) in [7, 11) is 0. The minimum atomic E-state index is -1.65. The van der Waals surface area contributed by atoms with Crippen LogP contribution in [-0.4, -0.2) is 99.6 Å². The lowest BCUT2D eigenvalue weighted by Crippen LogP contribution is -2.61. The van der Waals surface area contributed by atoms with Crippen LogP contribution >= 0.6 is 0 Å². The minimum Gasteiger partial charge on any atom is -0.454 e. The van der Waals surface area contributed by atoms with Crippen molar-refractivity contribution in [3.05, 3.63) is 109 Å². The van der Waals surface area contributed by atoms with Crippen molar-refractivity contribution in [2.24, 2.45) is 0 Å². The van der Waals surface area contributed by atoms with Crippen molar-refractivity contribution in [2.45, 2.75) is 224 Å². The van der Waals surface area contributed by atoms with E-state index in [1.54, 1.807) is 6.08 Å². The predicted octanol–water partition coefficient (Wildman–Crippen LogP) is 11.0. The van der Waals surface area contributed by atoms with Crippen LogP contribution < -0.4 is 5.32 Å². The number of rotatable bonds is 41. The number of aliphatic hydroxyl groups is 5. The van der Waals surface area contributed by atoms with E-state index in [9.17, 15) is 35.1 Å². The number of allylic oxidation sites excluding steroid dienone is 17. The molecule has 68 heavy (non-hydrogen) atoms. The van der Waals surface area contributed by atoms with Gasteiger partial charge in [-0.05, 0) is 57.8 Å². The van der Waals surface area contributed by atoms with E-state index < -0.39 is 67.4 Å². The fourth-order valence-electron chi connectivity index (χ4n) is 7.44. The number of carbonyl (C=O) groups excluding carboxylic acids is 2. The number of carbonyl (C=O) groups is 2. The van der Waals surface area contributed by atoms with Crippen molar-refractivity contribution in [3.8, 4) is 0 Å². The van der Waals surface area contributed by atoms with E-state index >= 15 is 0 Å². The van der Waals surface area contributed by atoms with Gasteiger partial charge in [-0.15, -0.1) is 0 Å². The molecule has 11 nitrogen and oxygen atoms in total. The van der Waals surface area contributed by atoms with Gasteiger partial charge in [-0.1, -0.05) is 220 Å². The molecule has 1 rings (SSSR count). The number of aliphatic hydroxyl groups excluding tert-OH is 5. The predicted molar refractivity (Wildman–Crippen MR) is 278 cm³/mol. The van der Waals surface area contributed by atoms with Crippen molar-refractivity contribution in [1.29, 1.82) is 0 Å². The number of hydrogen-bond acceptors (Lipinski definition) is 10. The van der Waals surface area contributed by atoms with Gasteiger partial charge < -0.3 is 45.1 Å². The zero-order chi connectivity index (χ0) is 49.7. The molecule has 1 saturated heterocycles. The summed E-state index contributed by atoms with van der Waals surface area (Å²) in [5.74, 6) is -1.30. The molecular formula is C57H93NO10. The molecule has 0 aromatic carbocycles. The smallest absolute Gasteiger partial charge is 0.306 e. The third kappa shape index (κ3) is 33.0. The molecule has 11 heteroatoms. The highest BCUT2D eigenvalue weighted by molar-refractivity contribution is 5.80. The topological polar surface area (TPSA) is 175 Å². The molecule has 8 atom stereocenters. The van der Waals surface area contributed by atoms with Crippen LogP contribution in [-0.2, 0) is 23.8 Å². The molecule has 0 bridgehead atoms. The van der Waals surface area contributed by atoms with E-state index in [0.717, 1.165) is 77.0 Å². The molecular weight excluding hydrogens is 859 g/mol. The second-order valence-electron chi connectivity index (χ2n) is 17.7. The number of ether oxygens (including phenoxy) is 3. The Morgan fingerprint density at radius 1 is 0.588 bits per heavy atom. The summed E-state index contributed by atoms with van der Waals surface area (Å²) < 4.78 is 17.4. The molecule has 1 fully saturated rings. The summed E-state index contributed by atoms with van der Waals surface area (Å²) in [5, 5.41) is 56.6. The summed E-state index contributed by atoms with van der Waals surface area (Å²) in [4.78, 5) is 26.3. The van der Waals surface area contributed by atoms with E-state index in [1.165, 1.54) is 44.9 Å². The molecule has 0 aliphatic carbocycles. The molecule has 0 radical (unpaired) electrons. The van der Waals surface area contributed by atoms with Crippen LogP contribution in [0.5, 0.6) is 0 Å². The molecule has 1 aliphatic rings. The van der Waals surface area contributed by atoms with Gasteiger partial charge in [-0.25, -0.2) is 0 Å². The number of unbranched alkanes of at least 4 members (excludes halogenated alkanes) is 17. The average molecular weight is 952 g/mol. The summed E-state index contributed by atoms with van der Waals surface area (Å²) in [6.07, 6.45) is 48.6. The van der Waals surface area contributed by atoms with E-state index in [1.807, 2.05) is 79.0 Å². The molecule has 0 aromatic rings. The van der Waals surface area contributed by atoms with Gasteiger partial charge in [-0.3, -0.25) is 9.59 Å². The summed E-state index contributed by atoms with van der Waals surface area (Å²) in [5.41, 5.74) is 0. The molecule has 0 spiro atoms. The zero-order valence-corrected chi connectivity index (χ0v) is 42.2. The summed E-state index contributed by atoms with van der Waals surface area (Å²) >= 11 is 0. The Kier molecular flexibility index (Phi) is 40.8. The van der Waals surface area contributed by atoms with Gasteiger partial charge in [-0.2, -0.15) is 0 Å². The van der Waals surface area contributed by atoms with Crippen LogP contribution in [0.4, 0.5) is 0 Å². The van der Waals surface area contributed by atoms with Gasteiger partial charge in [0.1, 0.15) is 24.4 Å². The molecule has 1 amide bonds. The second-order valence-corrected chi connectivity index (χ2v) is 17.7. The van der Waals surface area contributed by atoms with Crippen LogP contribution in [0.3, 0.4) is 0 Å². The van der Waals surface area contributed by atoms with E-state index in [2.05, 4.69) is 50.4 Å². The second kappa shape index (κ2) is 44.5. The lowest BCUT2D eigenvalue weighted by atomic mass is 9.99. The first-order valence-corrected chi connectivity index (χ1v) is 26.3. The highest BCUT2D eigenvalue weighted by atomic mass is 16.7. The van der Waals surface area contributed by atoms with Crippen LogP contribution in [0.1, 0.15) is 175 Å². The van der Waals surface area contributed by atoms with Crippen molar-refractivity contribution in [1.82, 2.24) is 5.32 Å². The van der Waals surface area contributed by atoms with Gasteiger partial charge in [0.25, 0.3) is 0 Å². The molecule has 0 aromatic heterocycles. The largest absolute Gasteiger partial charge is 0.454 e. The fraction of sp³-hybridized carbons (Fsp3) is 0.649. The van der Waals surface area contributed by atoms with E-state index in [4.69, 9.17) is 14.2 Å². The monoisotopic (exact) mass is 952 g/mol. The SMILES string of the molecule is CC/C=C/C=C/C=C\C=C/C=C/CCCC(=O)OC1C(OCC(NC(=O)C(O)CCCCCCCC/C=C/C=C/C=C/CC)C(O)/C=C/CCCCCCCCCCCC)OC(CO)C(O)C1O. The van der Waals surface area contributed by atoms with Crippen LogP contribution in [0.15, 0.2) is 109 Å². The first kappa shape index (κ1) is 62.3. The summed E-state index contributed by atoms with van der Waals surface area (Å²) in [6, 6.07) is -1.05. The minimum absolute atomic E-state index is 0.0197. The number of hydrogen-bond donors (Lipinski definition) is 6. The van der Waals surface area contributed by atoms with Crippen molar-refractivity contribution in [3.63, 3.8) is 0 Å². The lowest BCUT2D eigenvalue weighted by molar-refractivity contribution is -0.305. The Balaban J connectivity index is 2.84. The van der Waals surface area contributed by atoms with Crippen LogP contribution in [0.25, 0.3) is 0 Å². The van der Waals surface area contributed by atoms with Crippen molar-refractivity contribution >= 4 is 11.9 Å². The third-order valence-electron chi connectivity index (χ3n) is 11.6. The molecule has 8 unspecified atom stereocenters. The van der Waals surface area contributed by atoms with E-state index in [-0.39, 0.29) is 19.4 Å². The molecule has 6 N–H and O–H groups in total. The lowest BCUT2D eigenvalue weighted by Gasteiger charge is -2.41. The van der Waals surface area contributed by atoms with Gasteiger partial charge in [0, 0.05) is 6.42 Å². The molecule has 1 aliphatic heterocycles. The third-order valence-corrected chi connectivity index (χ3v) is 11.6. The number of nitrogens with one attached hydrogen (secondary N) is 1. The molecule has 1 heterocycles. The molecule has 386 valence electrons. The van der Waals surface area contributed by atoms with Gasteiger partial charge in [0.05, 0.1) is 25.4 Å². The zero-order valence-electron chi connectivity index (χ0n) is 42.2. The normalized spacial score (nSPS) is 20.9. The van der Waals surface area contributed by atoms with Crippen LogP contribution in [0.2, 0.25) is 0 Å². The maximum absolute atomic E-state index is 13.3. The van der Waals surface area contributed by atoms with E-state index in [0.29, 0.717) is 19.3 Å². The van der Waals surface area contributed by atoms with Gasteiger partial charge in [0.15, 0.2) is 12.4 Å². The molecule has 0 saturated carbocycles. The van der Waals surface area contributed by atoms with Crippen molar-refractivity contribution in [2.75, 3.05) is 13.2 Å². The first-order chi connectivity index (χ1) is 33.2. The Morgan fingerprint density at radius 3 is 1.59 bits per heavy atom. The van der Waals surface area contributed by atoms with Crippen molar-refractivity contribution < 1.29 is 49.3 Å². The number of amides is 1. The quantitative estimate of drug-likeness (QED) is 0.0150. The number of esters is 1. The van der Waals surface area contributed by atoms with Gasteiger partial charge in [0.2, 0.25) is 5.91 Å². The maximum Gasteiger partial charge on any atom is 0.306 e. The van der Waals surface area contributed by atoms with Crippen LogP contribution in [0, 0.1) is 0 Å². The maximum atomic E-state index is 13.3. The first-order valence-electron chi connectivity index (χ1n) is 26.3. The average Bonchev–Trinajstić information content (AvgIpc) is 3.33. The Bertz CT molecular complexity index is 1510. The fourth-order valence-corrected chi connectivity index (χ4v) is 7.44. The summed E-state index contributed by atoms with van der Waals surface area (Å²) in [6.45, 7) is 5.41. The van der Waals surface area contributed by atoms with Gasteiger partial charge >= 0.3 is 5.97 Å². The standard InChI is InChI=1S/C57H93NO10/c1-4-7-10-13-16-19-22-25-27-29-32-35-38-41-44-50(61)56(65)58-48(49(60)43-40-37-34-31-28-24-21-18-15-12-9-6-3)47-66-57-55(54(64)53(63)51(46-59)67-57)68-52(62)45-42-39-36-33-30-26-23-20-17-14-11-8-5-2/h7-8,10-11,13-14,16-17,19-20,22-23,26,30,33,36,40,43,48-51,53-55,57,59-61,63-64H,4-6,9,12,15,18,21,24-25,27-29,31-32,34-35,37-39,41-42,44-47H2,1-3H3,(H,58,65)/b10-7+,11-8+,16-13+,17-14+,22-19+,23-20-,30-26-,36-33+,43-40+. The Morgan fingerprint density at radius 2 is 1.06 bits per heavy atom. The highest BCUT2D eigenvalue weighted by Crippen LogP contribution is 2.26. The highest BCUT2D eigenvalue weighted by Gasteiger charge is 2.47. The Hall–Kier alpha value is -3.68.